The molecule has 2 heterocycles. The largest absolute Gasteiger partial charge is 0.497 e. The summed E-state index contributed by atoms with van der Waals surface area (Å²) in [6.07, 6.45) is -0.531. The van der Waals surface area contributed by atoms with Gasteiger partial charge in [-0.25, -0.2) is 0 Å². The second-order valence-electron chi connectivity index (χ2n) is 7.87. The fourth-order valence-electron chi connectivity index (χ4n) is 4.20. The van der Waals surface area contributed by atoms with Gasteiger partial charge >= 0.3 is 0 Å². The van der Waals surface area contributed by atoms with Crippen LogP contribution in [0.1, 0.15) is 19.4 Å². The number of amides is 1. The van der Waals surface area contributed by atoms with E-state index in [2.05, 4.69) is 12.3 Å². The van der Waals surface area contributed by atoms with Gasteiger partial charge in [-0.05, 0) is 43.7 Å². The Kier molecular flexibility index (Phi) is 5.04. The molecule has 2 aromatic rings. The topological polar surface area (TPSA) is 68.2 Å². The molecule has 2 fully saturated rings. The lowest BCUT2D eigenvalue weighted by molar-refractivity contribution is -0.165. The molecule has 156 valence electrons. The fraction of sp³-hybridized carbons (Fsp3) is 0.333. The van der Waals surface area contributed by atoms with Crippen molar-refractivity contribution in [2.45, 2.75) is 37.4 Å². The molecule has 2 aliphatic rings. The van der Waals surface area contributed by atoms with Crippen molar-refractivity contribution in [3.8, 4) is 5.75 Å². The minimum absolute atomic E-state index is 0.249. The van der Waals surface area contributed by atoms with Crippen molar-refractivity contribution in [3.63, 3.8) is 0 Å². The highest BCUT2D eigenvalue weighted by atomic mass is 16.7. The molecular formula is C24H25NO5. The molecule has 4 rings (SSSR count). The van der Waals surface area contributed by atoms with Crippen molar-refractivity contribution >= 4 is 17.2 Å². The maximum absolute atomic E-state index is 13.4. The van der Waals surface area contributed by atoms with E-state index >= 15 is 0 Å². The van der Waals surface area contributed by atoms with Gasteiger partial charge in [0.15, 0.2) is 11.4 Å². The van der Waals surface area contributed by atoms with Gasteiger partial charge in [-0.2, -0.15) is 0 Å². The third kappa shape index (κ3) is 3.15. The van der Waals surface area contributed by atoms with E-state index in [1.165, 1.54) is 0 Å². The summed E-state index contributed by atoms with van der Waals surface area (Å²) in [4.78, 5) is 15.0. The number of ether oxygens (including phenoxy) is 3. The number of carbonyl (C=O) groups excluding carboxylic acids is 1. The highest BCUT2D eigenvalue weighted by molar-refractivity contribution is 6.16. The number of nitrogens with zero attached hydrogens (tertiary/aromatic N) is 1. The molecule has 1 amide bonds. The lowest BCUT2D eigenvalue weighted by atomic mass is 9.71. The summed E-state index contributed by atoms with van der Waals surface area (Å²) in [6, 6.07) is 15.6. The Bertz CT molecular complexity index is 994. The van der Waals surface area contributed by atoms with Crippen LogP contribution in [0.25, 0.3) is 5.57 Å². The summed E-state index contributed by atoms with van der Waals surface area (Å²) in [7, 11) is 1.58. The molecule has 2 saturated heterocycles. The summed E-state index contributed by atoms with van der Waals surface area (Å²) < 4.78 is 17.0. The van der Waals surface area contributed by atoms with Crippen molar-refractivity contribution in [2.24, 2.45) is 0 Å². The quantitative estimate of drug-likeness (QED) is 0.609. The van der Waals surface area contributed by atoms with Gasteiger partial charge in [0.1, 0.15) is 17.9 Å². The van der Waals surface area contributed by atoms with Crippen LogP contribution in [-0.2, 0) is 14.3 Å². The number of β-lactam (4-membered cyclic amide) rings is 1. The standard InChI is InChI=1S/C24H25NO5/c1-5-19(16-9-7-6-8-10-16)24(27)21(20-15-29-23(2,3)30-20)25(22(24)26)17-11-13-18(28-4)14-12-17/h6-14,20-21,27H,1,15H2,2-4H3/t20-,21+,24-/m1/s1. The minimum Gasteiger partial charge on any atom is -0.497 e. The van der Waals surface area contributed by atoms with Crippen molar-refractivity contribution < 1.29 is 24.1 Å². The zero-order chi connectivity index (χ0) is 21.5. The Morgan fingerprint density at radius 1 is 1.20 bits per heavy atom. The van der Waals surface area contributed by atoms with Gasteiger partial charge in [-0.1, -0.05) is 36.9 Å². The molecule has 0 aromatic heterocycles. The van der Waals surface area contributed by atoms with Crippen molar-refractivity contribution in [1.29, 1.82) is 0 Å². The Morgan fingerprint density at radius 2 is 1.87 bits per heavy atom. The molecule has 30 heavy (non-hydrogen) atoms. The normalized spacial score (nSPS) is 27.3. The van der Waals surface area contributed by atoms with Gasteiger partial charge in [0.2, 0.25) is 0 Å². The van der Waals surface area contributed by atoms with Crippen LogP contribution in [0.2, 0.25) is 0 Å². The van der Waals surface area contributed by atoms with Crippen LogP contribution < -0.4 is 9.64 Å². The maximum atomic E-state index is 13.4. The van der Waals surface area contributed by atoms with Crippen molar-refractivity contribution in [1.82, 2.24) is 0 Å². The highest BCUT2D eigenvalue weighted by Crippen LogP contribution is 2.47. The van der Waals surface area contributed by atoms with E-state index in [9.17, 15) is 9.90 Å². The van der Waals surface area contributed by atoms with E-state index in [0.717, 1.165) is 0 Å². The van der Waals surface area contributed by atoms with Crippen LogP contribution in [0.15, 0.2) is 66.9 Å². The molecule has 0 aliphatic carbocycles. The van der Waals surface area contributed by atoms with Crippen LogP contribution in [0.4, 0.5) is 5.69 Å². The third-order valence-corrected chi connectivity index (χ3v) is 5.60. The minimum atomic E-state index is -1.84. The first kappa shape index (κ1) is 20.4. The molecule has 3 atom stereocenters. The van der Waals surface area contributed by atoms with Crippen LogP contribution in [-0.4, -0.2) is 48.3 Å². The van der Waals surface area contributed by atoms with Gasteiger partial charge in [-0.15, -0.1) is 5.73 Å². The summed E-state index contributed by atoms with van der Waals surface area (Å²) in [5.74, 6) is -0.585. The molecule has 2 aromatic carbocycles. The molecule has 6 heteroatoms. The molecule has 6 nitrogen and oxygen atoms in total. The SMILES string of the molecule is C=C=C(c1ccccc1)[C@]1(O)C(=O)N(c2ccc(OC)cc2)[C@H]1[C@H]1COC(C)(C)O1. The summed E-state index contributed by atoms with van der Waals surface area (Å²) in [6.45, 7) is 7.62. The van der Waals surface area contributed by atoms with Crippen molar-refractivity contribution in [2.75, 3.05) is 18.6 Å². The molecule has 1 N–H and O–H groups in total. The summed E-state index contributed by atoms with van der Waals surface area (Å²) in [5, 5.41) is 11.7. The Labute approximate surface area is 176 Å². The zero-order valence-corrected chi connectivity index (χ0v) is 17.3. The molecule has 0 saturated carbocycles. The van der Waals surface area contributed by atoms with Crippen LogP contribution in [0, 0.1) is 0 Å². The summed E-state index contributed by atoms with van der Waals surface area (Å²) >= 11 is 0. The van der Waals surface area contributed by atoms with Crippen molar-refractivity contribution in [3.05, 3.63) is 72.5 Å². The van der Waals surface area contributed by atoms with Crippen LogP contribution >= 0.6 is 0 Å². The van der Waals surface area contributed by atoms with E-state index in [4.69, 9.17) is 14.2 Å². The van der Waals surface area contributed by atoms with E-state index in [1.54, 1.807) is 36.3 Å². The Hall–Kier alpha value is -2.89. The van der Waals surface area contributed by atoms with E-state index in [1.807, 2.05) is 44.2 Å². The molecule has 0 unspecified atom stereocenters. The number of methoxy groups -OCH3 is 1. The fourth-order valence-corrected chi connectivity index (χ4v) is 4.20. The molecule has 2 aliphatic heterocycles. The average Bonchev–Trinajstić information content (AvgIpc) is 3.11. The number of hydrogen-bond acceptors (Lipinski definition) is 5. The van der Waals surface area contributed by atoms with Crippen LogP contribution in [0.5, 0.6) is 5.75 Å². The van der Waals surface area contributed by atoms with Gasteiger partial charge in [0, 0.05) is 11.3 Å². The Balaban J connectivity index is 1.77. The van der Waals surface area contributed by atoms with E-state index in [-0.39, 0.29) is 6.61 Å². The van der Waals surface area contributed by atoms with Gasteiger partial charge in [0.05, 0.1) is 13.7 Å². The summed E-state index contributed by atoms with van der Waals surface area (Å²) in [5.41, 5.74) is 2.62. The highest BCUT2D eigenvalue weighted by Gasteiger charge is 2.67. The van der Waals surface area contributed by atoms with E-state index in [0.29, 0.717) is 22.6 Å². The first-order valence-corrected chi connectivity index (χ1v) is 9.79. The number of aliphatic hydroxyl groups is 1. The number of rotatable bonds is 5. The smallest absolute Gasteiger partial charge is 0.267 e. The van der Waals surface area contributed by atoms with Crippen LogP contribution in [0.3, 0.4) is 0 Å². The number of anilines is 1. The third-order valence-electron chi connectivity index (χ3n) is 5.60. The zero-order valence-electron chi connectivity index (χ0n) is 17.3. The predicted molar refractivity (Wildman–Crippen MR) is 113 cm³/mol. The van der Waals surface area contributed by atoms with Gasteiger partial charge in [0.25, 0.3) is 5.91 Å². The molecule has 0 bridgehead atoms. The molecular weight excluding hydrogens is 382 g/mol. The Morgan fingerprint density at radius 3 is 2.40 bits per heavy atom. The predicted octanol–water partition coefficient (Wildman–Crippen LogP) is 3.16. The maximum Gasteiger partial charge on any atom is 0.267 e. The number of benzene rings is 2. The van der Waals surface area contributed by atoms with Gasteiger partial charge < -0.3 is 19.3 Å². The molecule has 0 spiro atoms. The average molecular weight is 407 g/mol. The first-order valence-electron chi connectivity index (χ1n) is 9.79. The number of carbonyl (C=O) groups is 1. The second kappa shape index (κ2) is 7.42. The monoisotopic (exact) mass is 407 g/mol. The molecule has 0 radical (unpaired) electrons. The lowest BCUT2D eigenvalue weighted by Gasteiger charge is -2.55. The lowest BCUT2D eigenvalue weighted by Crippen LogP contribution is -2.78. The van der Waals surface area contributed by atoms with Gasteiger partial charge in [-0.3, -0.25) is 9.69 Å². The number of hydrogen-bond donors (Lipinski definition) is 1. The van der Waals surface area contributed by atoms with E-state index < -0.39 is 29.4 Å². The first-order chi connectivity index (χ1) is 14.3. The second-order valence-corrected chi connectivity index (χ2v) is 7.87.